The largest absolute Gasteiger partial charge is 0.756 e. The number of allylic oxidation sites excluding steroid dienone is 23. The lowest BCUT2D eigenvalue weighted by Crippen LogP contribution is -2.47. The van der Waals surface area contributed by atoms with Gasteiger partial charge < -0.3 is 28.5 Å². The van der Waals surface area contributed by atoms with Gasteiger partial charge in [0.05, 0.1) is 33.8 Å². The van der Waals surface area contributed by atoms with E-state index in [0.717, 1.165) is 148 Å². The molecule has 0 aliphatic carbocycles. The van der Waals surface area contributed by atoms with E-state index in [2.05, 4.69) is 160 Å². The lowest BCUT2D eigenvalue weighted by Gasteiger charge is -2.30. The zero-order valence-electron chi connectivity index (χ0n) is 53.8. The fraction of sp³-hybridized carbons (Fsp3) is 0.644. The number of quaternary nitrogens is 1. The molecule has 0 aliphatic rings. The third-order valence-electron chi connectivity index (χ3n) is 13.8. The number of likely N-dealkylation sites (N-methyl/N-ethyl adjacent to an activating group) is 1. The summed E-state index contributed by atoms with van der Waals surface area (Å²) in [6.45, 7) is 6.57. The van der Waals surface area contributed by atoms with Crippen LogP contribution >= 0.6 is 7.82 Å². The molecule has 0 aromatic carbocycles. The number of esters is 1. The van der Waals surface area contributed by atoms with Gasteiger partial charge in [-0.05, 0) is 128 Å². The molecule has 9 nitrogen and oxygen atoms in total. The first-order valence-electron chi connectivity index (χ1n) is 33.1. The Morgan fingerprint density at radius 3 is 1.17 bits per heavy atom. The van der Waals surface area contributed by atoms with Gasteiger partial charge in [-0.2, -0.15) is 0 Å². The Balaban J connectivity index is 5.30. The molecule has 0 saturated carbocycles. The molecule has 1 amide bonds. The topological polar surface area (TPSA) is 114 Å². The number of unbranched alkanes of at least 4 members (excludes halogenated alkanes) is 20. The highest BCUT2D eigenvalue weighted by Crippen LogP contribution is 2.38. The number of carbonyl (C=O) groups excluding carboxylic acids is 2. The van der Waals surface area contributed by atoms with Gasteiger partial charge in [-0.25, -0.2) is 0 Å². The van der Waals surface area contributed by atoms with Crippen molar-refractivity contribution in [2.75, 3.05) is 40.9 Å². The third kappa shape index (κ3) is 62.2. The van der Waals surface area contributed by atoms with Gasteiger partial charge in [0.1, 0.15) is 19.3 Å². The van der Waals surface area contributed by atoms with E-state index in [4.69, 9.17) is 13.8 Å². The summed E-state index contributed by atoms with van der Waals surface area (Å²) in [6.07, 6.45) is 88.2. The molecule has 10 heteroatoms. The molecule has 0 heterocycles. The highest BCUT2D eigenvalue weighted by atomic mass is 31.2. The van der Waals surface area contributed by atoms with Gasteiger partial charge >= 0.3 is 5.97 Å². The molecular weight excluding hydrogens is 1050 g/mol. The van der Waals surface area contributed by atoms with Crippen LogP contribution in [-0.4, -0.2) is 69.4 Å². The van der Waals surface area contributed by atoms with E-state index >= 15 is 0 Å². The normalized spacial score (nSPS) is 14.5. The van der Waals surface area contributed by atoms with Gasteiger partial charge in [0.15, 0.2) is 0 Å². The lowest BCUT2D eigenvalue weighted by atomic mass is 10.0. The second-order valence-corrected chi connectivity index (χ2v) is 24.3. The smallest absolute Gasteiger partial charge is 0.306 e. The van der Waals surface area contributed by atoms with Gasteiger partial charge in [-0.1, -0.05) is 257 Å². The number of phosphoric acid groups is 1. The summed E-state index contributed by atoms with van der Waals surface area (Å²) in [5.74, 6) is -0.605. The van der Waals surface area contributed by atoms with Crippen LogP contribution in [0.15, 0.2) is 146 Å². The van der Waals surface area contributed by atoms with Crippen LogP contribution in [0.5, 0.6) is 0 Å². The van der Waals surface area contributed by atoms with Crippen molar-refractivity contribution in [1.82, 2.24) is 5.32 Å². The Hall–Kier alpha value is -4.11. The number of hydrogen-bond acceptors (Lipinski definition) is 7. The van der Waals surface area contributed by atoms with Crippen molar-refractivity contribution >= 4 is 19.7 Å². The molecule has 0 fully saturated rings. The van der Waals surface area contributed by atoms with E-state index in [1.807, 2.05) is 33.3 Å². The van der Waals surface area contributed by atoms with Crippen molar-refractivity contribution in [2.45, 2.75) is 264 Å². The zero-order chi connectivity index (χ0) is 60.7. The molecule has 3 unspecified atom stereocenters. The molecule has 0 rings (SSSR count). The molecule has 0 aliphatic heterocycles. The minimum atomic E-state index is -4.73. The maximum Gasteiger partial charge on any atom is 0.306 e. The number of hydrogen-bond donors (Lipinski definition) is 1. The summed E-state index contributed by atoms with van der Waals surface area (Å²) in [4.78, 5) is 40.1. The molecule has 0 spiro atoms. The molecule has 472 valence electrons. The molecule has 3 atom stereocenters. The van der Waals surface area contributed by atoms with E-state index in [0.29, 0.717) is 23.9 Å². The van der Waals surface area contributed by atoms with Crippen LogP contribution in [0.3, 0.4) is 0 Å². The van der Waals surface area contributed by atoms with Gasteiger partial charge in [0.2, 0.25) is 5.91 Å². The van der Waals surface area contributed by atoms with Crippen LogP contribution in [-0.2, 0) is 27.9 Å². The summed E-state index contributed by atoms with van der Waals surface area (Å²) < 4.78 is 30.4. The molecule has 83 heavy (non-hydrogen) atoms. The first-order chi connectivity index (χ1) is 40.4. The quantitative estimate of drug-likeness (QED) is 0.0212. The highest BCUT2D eigenvalue weighted by molar-refractivity contribution is 7.45. The van der Waals surface area contributed by atoms with Crippen molar-refractivity contribution in [3.05, 3.63) is 146 Å². The first-order valence-corrected chi connectivity index (χ1v) is 34.6. The summed E-state index contributed by atoms with van der Waals surface area (Å²) in [5, 5.41) is 3.01. The van der Waals surface area contributed by atoms with Crippen LogP contribution in [0.2, 0.25) is 0 Å². The Kier molecular flexibility index (Phi) is 58.0. The number of rotatable bonds is 58. The lowest BCUT2D eigenvalue weighted by molar-refractivity contribution is -0.870. The van der Waals surface area contributed by atoms with Gasteiger partial charge in [-0.15, -0.1) is 0 Å². The van der Waals surface area contributed by atoms with Crippen molar-refractivity contribution in [3.8, 4) is 0 Å². The monoisotopic (exact) mass is 1170 g/mol. The van der Waals surface area contributed by atoms with Crippen LogP contribution in [0.25, 0.3) is 0 Å². The highest BCUT2D eigenvalue weighted by Gasteiger charge is 2.27. The minimum absolute atomic E-state index is 0.0400. The Morgan fingerprint density at radius 2 is 0.771 bits per heavy atom. The molecule has 1 N–H and O–H groups in total. The Morgan fingerprint density at radius 1 is 0.434 bits per heavy atom. The van der Waals surface area contributed by atoms with E-state index in [1.54, 1.807) is 0 Å². The van der Waals surface area contributed by atoms with Crippen molar-refractivity contribution in [2.24, 2.45) is 0 Å². The maximum atomic E-state index is 13.6. The summed E-state index contributed by atoms with van der Waals surface area (Å²) in [6, 6.07) is -0.924. The predicted molar refractivity (Wildman–Crippen MR) is 357 cm³/mol. The molecule has 0 bridgehead atoms. The number of ether oxygens (including phenoxy) is 1. The molecule has 0 aromatic heterocycles. The standard InChI is InChI=1S/C73H123N2O7P/c1-7-10-13-16-19-22-25-28-30-32-34-35-36-37-38-39-41-43-45-48-51-54-57-60-63-66-73(77)82-71(64-61-58-55-52-49-46-27-24-21-18-15-12-9-3)70(69-81-83(78,79)80-68-67-75(4,5)6)74-72(76)65-62-59-56-53-50-47-44-42-40-33-31-29-26-23-20-17-14-11-8-2/h10-11,13-14,19-20,22-23,28-31,34-35,37-38,40-43,47,50,61,64,70-71H,7-9,12,15-18,21,24-27,32-33,36,39,44-46,48-49,51-60,62-63,65-69H2,1-6H3,(H-,74,76,78,79)/b13-10-,14-11-,22-19-,23-20-,30-28-,31-29-,35-34-,38-37-,42-40-,43-41-,50-47-,64-61-. The molecule has 0 aromatic rings. The van der Waals surface area contributed by atoms with E-state index in [9.17, 15) is 19.0 Å². The number of amides is 1. The number of nitrogens with zero attached hydrogens (tertiary/aromatic N) is 1. The average Bonchev–Trinajstić information content (AvgIpc) is 3.46. The van der Waals surface area contributed by atoms with E-state index in [-0.39, 0.29) is 31.3 Å². The van der Waals surface area contributed by atoms with Gasteiger partial charge in [0, 0.05) is 12.8 Å². The van der Waals surface area contributed by atoms with Crippen LogP contribution in [0, 0.1) is 0 Å². The van der Waals surface area contributed by atoms with Crippen molar-refractivity contribution < 1.29 is 37.3 Å². The first kappa shape index (κ1) is 78.9. The van der Waals surface area contributed by atoms with Gasteiger partial charge in [-0.3, -0.25) is 14.2 Å². The summed E-state index contributed by atoms with van der Waals surface area (Å²) in [7, 11) is 1.13. The average molecular weight is 1170 g/mol. The van der Waals surface area contributed by atoms with E-state index < -0.39 is 26.6 Å². The molecular formula is C73H123N2O7P. The fourth-order valence-electron chi connectivity index (χ4n) is 8.73. The van der Waals surface area contributed by atoms with Crippen molar-refractivity contribution in [1.29, 1.82) is 0 Å². The van der Waals surface area contributed by atoms with Crippen LogP contribution in [0.1, 0.15) is 252 Å². The number of carbonyl (C=O) groups is 2. The third-order valence-corrected chi connectivity index (χ3v) is 14.7. The van der Waals surface area contributed by atoms with Crippen LogP contribution < -0.4 is 10.2 Å². The SMILES string of the molecule is CC/C=C\C/C=C\C/C=C\C/C=C\C/C=C\C/C=C\CCCCCCCCC(=O)OC(/C=C\CCCCCCCCCCCCC)C(COP(=O)([O-])OCC[N+](C)(C)C)NC(=O)CCCCC/C=C\C/C=C\C/C=C\C/C=C\C/C=C\CC. The number of phosphoric ester groups is 1. The summed E-state index contributed by atoms with van der Waals surface area (Å²) in [5.41, 5.74) is 0. The number of nitrogens with one attached hydrogen (secondary N) is 1. The molecule has 0 radical (unpaired) electrons. The minimum Gasteiger partial charge on any atom is -0.756 e. The summed E-state index contributed by atoms with van der Waals surface area (Å²) >= 11 is 0. The van der Waals surface area contributed by atoms with Gasteiger partial charge in [0.25, 0.3) is 7.82 Å². The van der Waals surface area contributed by atoms with E-state index in [1.165, 1.54) is 57.8 Å². The zero-order valence-corrected chi connectivity index (χ0v) is 54.7. The Labute approximate surface area is 510 Å². The molecule has 0 saturated heterocycles. The second kappa shape index (κ2) is 61.0. The van der Waals surface area contributed by atoms with Crippen molar-refractivity contribution in [3.63, 3.8) is 0 Å². The second-order valence-electron chi connectivity index (χ2n) is 22.9. The fourth-order valence-corrected chi connectivity index (χ4v) is 9.45. The van der Waals surface area contributed by atoms with Crippen LogP contribution in [0.4, 0.5) is 0 Å². The predicted octanol–water partition coefficient (Wildman–Crippen LogP) is 20.4. The maximum absolute atomic E-state index is 13.6. The Bertz CT molecular complexity index is 1930.